The van der Waals surface area contributed by atoms with Crippen LogP contribution < -0.4 is 14.8 Å². The normalized spacial score (nSPS) is 11.9. The Balaban J connectivity index is 2.30. The Morgan fingerprint density at radius 2 is 1.65 bits per heavy atom. The lowest BCUT2D eigenvalue weighted by Gasteiger charge is -2.23. The van der Waals surface area contributed by atoms with Gasteiger partial charge in [-0.25, -0.2) is 0 Å². The van der Waals surface area contributed by atoms with Crippen molar-refractivity contribution >= 4 is 5.91 Å². The molecule has 1 N–H and O–H groups in total. The molecule has 0 saturated carbocycles. The monoisotopic (exact) mass is 313 g/mol. The van der Waals surface area contributed by atoms with E-state index in [0.29, 0.717) is 17.1 Å². The van der Waals surface area contributed by atoms with Gasteiger partial charge in [-0.1, -0.05) is 50.2 Å². The molecule has 0 spiro atoms. The molecule has 0 aliphatic rings. The van der Waals surface area contributed by atoms with E-state index in [-0.39, 0.29) is 17.9 Å². The third-order valence-electron chi connectivity index (χ3n) is 3.76. The highest BCUT2D eigenvalue weighted by molar-refractivity contribution is 5.98. The number of methoxy groups -OCH3 is 2. The van der Waals surface area contributed by atoms with Gasteiger partial charge in [-0.15, -0.1) is 0 Å². The second kappa shape index (κ2) is 7.68. The molecule has 0 heterocycles. The smallest absolute Gasteiger partial charge is 0.255 e. The highest BCUT2D eigenvalue weighted by Gasteiger charge is 2.22. The zero-order chi connectivity index (χ0) is 16.8. The van der Waals surface area contributed by atoms with E-state index in [9.17, 15) is 4.79 Å². The predicted molar refractivity (Wildman–Crippen MR) is 91.0 cm³/mol. The molecule has 1 atom stereocenters. The minimum absolute atomic E-state index is 0.0698. The van der Waals surface area contributed by atoms with Gasteiger partial charge >= 0.3 is 0 Å². The lowest BCUT2D eigenvalue weighted by atomic mass is 9.95. The van der Waals surface area contributed by atoms with Gasteiger partial charge in [-0.3, -0.25) is 4.79 Å². The van der Waals surface area contributed by atoms with E-state index in [0.717, 1.165) is 5.56 Å². The molecule has 4 nitrogen and oxygen atoms in total. The van der Waals surface area contributed by atoms with Gasteiger partial charge in [-0.05, 0) is 23.6 Å². The number of para-hydroxylation sites is 1. The summed E-state index contributed by atoms with van der Waals surface area (Å²) in [7, 11) is 3.09. The summed E-state index contributed by atoms with van der Waals surface area (Å²) < 4.78 is 10.6. The van der Waals surface area contributed by atoms with E-state index in [1.54, 1.807) is 25.3 Å². The summed E-state index contributed by atoms with van der Waals surface area (Å²) in [6, 6.07) is 15.2. The fourth-order valence-corrected chi connectivity index (χ4v) is 2.58. The second-order valence-electron chi connectivity index (χ2n) is 5.65. The maximum Gasteiger partial charge on any atom is 0.255 e. The minimum Gasteiger partial charge on any atom is -0.493 e. The fourth-order valence-electron chi connectivity index (χ4n) is 2.58. The highest BCUT2D eigenvalue weighted by atomic mass is 16.5. The molecule has 0 bridgehead atoms. The summed E-state index contributed by atoms with van der Waals surface area (Å²) in [5, 5.41) is 3.10. The van der Waals surface area contributed by atoms with Gasteiger partial charge < -0.3 is 14.8 Å². The van der Waals surface area contributed by atoms with Crippen LogP contribution in [0.1, 0.15) is 35.8 Å². The Bertz CT molecular complexity index is 653. The molecular weight excluding hydrogens is 290 g/mol. The van der Waals surface area contributed by atoms with Crippen LogP contribution in [0, 0.1) is 5.92 Å². The van der Waals surface area contributed by atoms with E-state index in [2.05, 4.69) is 19.2 Å². The number of hydrogen-bond donors (Lipinski definition) is 1. The van der Waals surface area contributed by atoms with Crippen molar-refractivity contribution in [1.82, 2.24) is 5.32 Å². The molecule has 2 rings (SSSR count). The number of rotatable bonds is 6. The third kappa shape index (κ3) is 3.83. The van der Waals surface area contributed by atoms with E-state index in [1.165, 1.54) is 7.11 Å². The van der Waals surface area contributed by atoms with Gasteiger partial charge in [0.15, 0.2) is 11.5 Å². The summed E-state index contributed by atoms with van der Waals surface area (Å²) in [6.07, 6.45) is 0. The molecule has 23 heavy (non-hydrogen) atoms. The van der Waals surface area contributed by atoms with E-state index < -0.39 is 0 Å². The molecule has 2 aromatic carbocycles. The largest absolute Gasteiger partial charge is 0.493 e. The molecule has 1 amide bonds. The number of benzene rings is 2. The van der Waals surface area contributed by atoms with Crippen LogP contribution in [0.25, 0.3) is 0 Å². The number of hydrogen-bond acceptors (Lipinski definition) is 3. The molecular formula is C19H23NO3. The molecule has 4 heteroatoms. The van der Waals surface area contributed by atoms with E-state index >= 15 is 0 Å². The van der Waals surface area contributed by atoms with Crippen LogP contribution in [0.2, 0.25) is 0 Å². The predicted octanol–water partition coefficient (Wildman–Crippen LogP) is 3.83. The van der Waals surface area contributed by atoms with Crippen molar-refractivity contribution < 1.29 is 14.3 Å². The number of carbonyl (C=O) groups excluding carboxylic acids is 1. The van der Waals surface area contributed by atoms with Crippen LogP contribution in [-0.2, 0) is 0 Å². The zero-order valence-electron chi connectivity index (χ0n) is 14.0. The summed E-state index contributed by atoms with van der Waals surface area (Å²) in [6.45, 7) is 4.17. The average Bonchev–Trinajstić information content (AvgIpc) is 2.59. The van der Waals surface area contributed by atoms with Crippen molar-refractivity contribution in [3.8, 4) is 11.5 Å². The van der Waals surface area contributed by atoms with Crippen molar-refractivity contribution in [3.05, 3.63) is 59.7 Å². The Morgan fingerprint density at radius 3 is 2.22 bits per heavy atom. The first-order chi connectivity index (χ1) is 11.1. The van der Waals surface area contributed by atoms with E-state index in [1.807, 2.05) is 30.3 Å². The van der Waals surface area contributed by atoms with Gasteiger partial charge in [0.25, 0.3) is 5.91 Å². The maximum atomic E-state index is 12.7. The molecule has 1 unspecified atom stereocenters. The topological polar surface area (TPSA) is 47.6 Å². The summed E-state index contributed by atoms with van der Waals surface area (Å²) in [5.41, 5.74) is 1.55. The first kappa shape index (κ1) is 16.9. The van der Waals surface area contributed by atoms with Crippen molar-refractivity contribution in [2.24, 2.45) is 5.92 Å². The Labute approximate surface area is 137 Å². The second-order valence-corrected chi connectivity index (χ2v) is 5.65. The van der Waals surface area contributed by atoms with Crippen molar-refractivity contribution in [2.45, 2.75) is 19.9 Å². The SMILES string of the molecule is COc1cccc(C(=O)NC(c2ccccc2)C(C)C)c1OC. The highest BCUT2D eigenvalue weighted by Crippen LogP contribution is 2.31. The molecule has 0 saturated heterocycles. The molecule has 0 aliphatic carbocycles. The molecule has 2 aromatic rings. The van der Waals surface area contributed by atoms with E-state index in [4.69, 9.17) is 9.47 Å². The lowest BCUT2D eigenvalue weighted by Crippen LogP contribution is -2.32. The number of amides is 1. The molecule has 0 radical (unpaired) electrons. The first-order valence-corrected chi connectivity index (χ1v) is 7.65. The van der Waals surface area contributed by atoms with Crippen LogP contribution in [0.15, 0.2) is 48.5 Å². The standard InChI is InChI=1S/C19H23NO3/c1-13(2)17(14-9-6-5-7-10-14)20-19(21)15-11-8-12-16(22-3)18(15)23-4/h5-13,17H,1-4H3,(H,20,21). The van der Waals surface area contributed by atoms with Crippen LogP contribution in [0.4, 0.5) is 0 Å². The van der Waals surface area contributed by atoms with Crippen LogP contribution in [0.5, 0.6) is 11.5 Å². The quantitative estimate of drug-likeness (QED) is 0.881. The number of nitrogens with one attached hydrogen (secondary N) is 1. The molecule has 0 fully saturated rings. The van der Waals surface area contributed by atoms with Crippen molar-refractivity contribution in [2.75, 3.05) is 14.2 Å². The molecule has 0 aromatic heterocycles. The average molecular weight is 313 g/mol. The maximum absolute atomic E-state index is 12.7. The summed E-state index contributed by atoms with van der Waals surface area (Å²) in [5.74, 6) is 1.07. The van der Waals surface area contributed by atoms with Gasteiger partial charge in [0.1, 0.15) is 0 Å². The van der Waals surface area contributed by atoms with Crippen molar-refractivity contribution in [3.63, 3.8) is 0 Å². The lowest BCUT2D eigenvalue weighted by molar-refractivity contribution is 0.0922. The molecule has 0 aliphatic heterocycles. The number of ether oxygens (including phenoxy) is 2. The van der Waals surface area contributed by atoms with Crippen LogP contribution >= 0.6 is 0 Å². The Hall–Kier alpha value is -2.49. The van der Waals surface area contributed by atoms with Crippen LogP contribution in [-0.4, -0.2) is 20.1 Å². The molecule has 122 valence electrons. The van der Waals surface area contributed by atoms with Gasteiger partial charge in [0.2, 0.25) is 0 Å². The van der Waals surface area contributed by atoms with Gasteiger partial charge in [-0.2, -0.15) is 0 Å². The van der Waals surface area contributed by atoms with Gasteiger partial charge in [0, 0.05) is 0 Å². The zero-order valence-corrected chi connectivity index (χ0v) is 14.0. The fraction of sp³-hybridized carbons (Fsp3) is 0.316. The minimum atomic E-state index is -0.177. The third-order valence-corrected chi connectivity index (χ3v) is 3.76. The number of carbonyl (C=O) groups is 1. The Morgan fingerprint density at radius 1 is 0.957 bits per heavy atom. The van der Waals surface area contributed by atoms with Gasteiger partial charge in [0.05, 0.1) is 25.8 Å². The van der Waals surface area contributed by atoms with Crippen LogP contribution in [0.3, 0.4) is 0 Å². The summed E-state index contributed by atoms with van der Waals surface area (Å²) >= 11 is 0. The Kier molecular flexibility index (Phi) is 5.63. The van der Waals surface area contributed by atoms with Crippen molar-refractivity contribution in [1.29, 1.82) is 0 Å². The summed E-state index contributed by atoms with van der Waals surface area (Å²) in [4.78, 5) is 12.7. The first-order valence-electron chi connectivity index (χ1n) is 7.65.